The molecule has 4 aromatic rings. The number of aromatic nitrogens is 3. The molecule has 1 fully saturated rings. The molecular weight excluding hydrogens is 593 g/mol. The lowest BCUT2D eigenvalue weighted by Crippen LogP contribution is -2.35. The maximum atomic E-state index is 12.8. The van der Waals surface area contributed by atoms with E-state index in [1.165, 1.54) is 51.9 Å². The normalized spacial score (nSPS) is 15.2. The summed E-state index contributed by atoms with van der Waals surface area (Å²) in [5.41, 5.74) is 3.98. The molecule has 9 nitrogen and oxygen atoms in total. The Kier molecular flexibility index (Phi) is 9.04. The van der Waals surface area contributed by atoms with Crippen molar-refractivity contribution in [3.63, 3.8) is 0 Å². The molecule has 1 saturated heterocycles. The molecule has 1 aromatic heterocycles. The number of urea groups is 1. The summed E-state index contributed by atoms with van der Waals surface area (Å²) in [6, 6.07) is 19.7. The lowest BCUT2D eigenvalue weighted by atomic mass is 10.0. The van der Waals surface area contributed by atoms with Crippen LogP contribution >= 0.6 is 11.8 Å². The molecule has 1 unspecified atom stereocenters. The maximum absolute atomic E-state index is 12.8. The third kappa shape index (κ3) is 7.46. The Bertz CT molecular complexity index is 1670. The van der Waals surface area contributed by atoms with Crippen molar-refractivity contribution < 1.29 is 27.5 Å². The van der Waals surface area contributed by atoms with Gasteiger partial charge in [-0.3, -0.25) is 9.69 Å². The number of nitrogens with one attached hydrogen (secondary N) is 1. The Morgan fingerprint density at radius 2 is 1.75 bits per heavy atom. The number of aliphatic imine (C=N–C) groups is 1. The topological polar surface area (TPSA) is 102 Å². The zero-order chi connectivity index (χ0) is 31.4. The second kappa shape index (κ2) is 12.9. The third-order valence-corrected chi connectivity index (χ3v) is 7.64. The summed E-state index contributed by atoms with van der Waals surface area (Å²) in [7, 11) is 0. The smallest absolute Gasteiger partial charge is 0.406 e. The number of alkyl halides is 3. The van der Waals surface area contributed by atoms with Crippen molar-refractivity contribution >= 4 is 34.6 Å². The van der Waals surface area contributed by atoms with Crippen molar-refractivity contribution in [1.82, 2.24) is 20.1 Å². The Labute approximate surface area is 256 Å². The van der Waals surface area contributed by atoms with E-state index >= 15 is 0 Å². The molecule has 0 spiro atoms. The molecule has 1 N–H and O–H groups in total. The van der Waals surface area contributed by atoms with E-state index in [-0.39, 0.29) is 29.4 Å². The van der Waals surface area contributed by atoms with Crippen LogP contribution < -0.4 is 15.0 Å². The summed E-state index contributed by atoms with van der Waals surface area (Å²) in [6.45, 7) is 5.98. The standard InChI is InChI=1S/C31H29F3N6O3S/c1-19(2)25-6-4-5-7-26(25)40-27(41)17-44-30(40)37-29(42)36-20(3)16-21-8-10-22(11-9-21)28-35-18-39(38-28)23-12-14-24(15-13-23)43-31(32,33)34/h4-15,18-20H,16-17H2,1-3H3,(H,36,42)/b37-30-. The number of nitrogens with zero attached hydrogens (tertiary/aromatic N) is 5. The van der Waals surface area contributed by atoms with Crippen LogP contribution in [0.4, 0.5) is 23.7 Å². The van der Waals surface area contributed by atoms with Crippen LogP contribution in [-0.4, -0.2) is 50.0 Å². The molecule has 0 bridgehead atoms. The SMILES string of the molecule is CC(Cc1ccc(-c2ncn(-c3ccc(OC(F)(F)F)cc3)n2)cc1)NC(=O)/N=C1\SCC(=O)N1c1ccccc1C(C)C. The maximum Gasteiger partial charge on any atom is 0.573 e. The Morgan fingerprint density at radius 3 is 2.43 bits per heavy atom. The fourth-order valence-electron chi connectivity index (χ4n) is 4.71. The molecule has 1 aliphatic rings. The molecule has 2 heterocycles. The van der Waals surface area contributed by atoms with E-state index in [9.17, 15) is 22.8 Å². The second-order valence-corrected chi connectivity index (χ2v) is 11.4. The van der Waals surface area contributed by atoms with Crippen LogP contribution in [0.25, 0.3) is 17.1 Å². The molecule has 0 aliphatic carbocycles. The number of anilines is 1. The number of ether oxygens (including phenoxy) is 1. The van der Waals surface area contributed by atoms with E-state index in [1.54, 1.807) is 0 Å². The van der Waals surface area contributed by atoms with Crippen LogP contribution in [0, 0.1) is 0 Å². The van der Waals surface area contributed by atoms with E-state index in [2.05, 4.69) is 39.0 Å². The number of amidine groups is 1. The Hall–Kier alpha value is -4.65. The number of carbonyl (C=O) groups is 2. The minimum Gasteiger partial charge on any atom is -0.406 e. The zero-order valence-corrected chi connectivity index (χ0v) is 24.9. The number of benzene rings is 3. The summed E-state index contributed by atoms with van der Waals surface area (Å²) >= 11 is 1.24. The summed E-state index contributed by atoms with van der Waals surface area (Å²) in [4.78, 5) is 35.6. The van der Waals surface area contributed by atoms with E-state index in [4.69, 9.17) is 0 Å². The number of thioether (sulfide) groups is 1. The highest BCUT2D eigenvalue weighted by Crippen LogP contribution is 2.33. The Balaban J connectivity index is 1.19. The lowest BCUT2D eigenvalue weighted by molar-refractivity contribution is -0.274. The number of amides is 3. The van der Waals surface area contributed by atoms with Crippen LogP contribution in [0.3, 0.4) is 0 Å². The van der Waals surface area contributed by atoms with Crippen molar-refractivity contribution in [3.05, 3.63) is 90.3 Å². The molecule has 3 amide bonds. The van der Waals surface area contributed by atoms with Gasteiger partial charge in [-0.15, -0.1) is 18.3 Å². The number of hydrogen-bond acceptors (Lipinski definition) is 6. The highest BCUT2D eigenvalue weighted by atomic mass is 32.2. The average Bonchev–Trinajstić information content (AvgIpc) is 3.60. The number of para-hydroxylation sites is 1. The first kappa shape index (κ1) is 30.8. The van der Waals surface area contributed by atoms with Gasteiger partial charge in [0, 0.05) is 11.6 Å². The number of carbonyl (C=O) groups excluding carboxylic acids is 2. The quantitative estimate of drug-likeness (QED) is 0.234. The van der Waals surface area contributed by atoms with Crippen molar-refractivity contribution in [2.45, 2.75) is 45.5 Å². The highest BCUT2D eigenvalue weighted by molar-refractivity contribution is 8.15. The van der Waals surface area contributed by atoms with Crippen LogP contribution in [0.1, 0.15) is 37.8 Å². The molecule has 44 heavy (non-hydrogen) atoms. The molecule has 1 aliphatic heterocycles. The van der Waals surface area contributed by atoms with Gasteiger partial charge in [-0.25, -0.2) is 14.5 Å². The largest absolute Gasteiger partial charge is 0.573 e. The van der Waals surface area contributed by atoms with Crippen LogP contribution in [-0.2, 0) is 11.2 Å². The van der Waals surface area contributed by atoms with Gasteiger partial charge in [0.25, 0.3) is 0 Å². The minimum absolute atomic E-state index is 0.115. The van der Waals surface area contributed by atoms with Crippen molar-refractivity contribution in [2.75, 3.05) is 10.7 Å². The summed E-state index contributed by atoms with van der Waals surface area (Å²) < 4.78 is 42.6. The van der Waals surface area contributed by atoms with E-state index in [0.717, 1.165) is 22.4 Å². The molecule has 5 rings (SSSR count). The third-order valence-electron chi connectivity index (χ3n) is 6.71. The van der Waals surface area contributed by atoms with Gasteiger partial charge in [-0.05, 0) is 60.7 Å². The van der Waals surface area contributed by atoms with E-state index < -0.39 is 12.4 Å². The van der Waals surface area contributed by atoms with Crippen molar-refractivity contribution in [1.29, 1.82) is 0 Å². The van der Waals surface area contributed by atoms with Gasteiger partial charge in [0.05, 0.1) is 17.1 Å². The lowest BCUT2D eigenvalue weighted by Gasteiger charge is -2.21. The predicted octanol–water partition coefficient (Wildman–Crippen LogP) is 6.73. The molecule has 13 heteroatoms. The molecule has 0 saturated carbocycles. The predicted molar refractivity (Wildman–Crippen MR) is 163 cm³/mol. The van der Waals surface area contributed by atoms with Gasteiger partial charge in [0.1, 0.15) is 12.1 Å². The fraction of sp³-hybridized carbons (Fsp3) is 0.258. The zero-order valence-electron chi connectivity index (χ0n) is 24.1. The van der Waals surface area contributed by atoms with E-state index in [1.807, 2.05) is 55.5 Å². The van der Waals surface area contributed by atoms with Gasteiger partial charge in [0.15, 0.2) is 11.0 Å². The molecule has 3 aromatic carbocycles. The summed E-state index contributed by atoms with van der Waals surface area (Å²) in [6.07, 6.45) is -2.75. The summed E-state index contributed by atoms with van der Waals surface area (Å²) in [5, 5.41) is 7.67. The number of rotatable bonds is 8. The van der Waals surface area contributed by atoms with Gasteiger partial charge in [0.2, 0.25) is 5.91 Å². The monoisotopic (exact) mass is 622 g/mol. The fourth-order valence-corrected chi connectivity index (χ4v) is 5.56. The van der Waals surface area contributed by atoms with Crippen LogP contribution in [0.2, 0.25) is 0 Å². The first-order chi connectivity index (χ1) is 21.0. The molecule has 1 atom stereocenters. The van der Waals surface area contributed by atoms with Gasteiger partial charge in [-0.1, -0.05) is 68.1 Å². The minimum atomic E-state index is -4.76. The number of hydrogen-bond donors (Lipinski definition) is 1. The van der Waals surface area contributed by atoms with Crippen LogP contribution in [0.5, 0.6) is 5.75 Å². The second-order valence-electron chi connectivity index (χ2n) is 10.4. The van der Waals surface area contributed by atoms with Crippen molar-refractivity contribution in [2.24, 2.45) is 4.99 Å². The van der Waals surface area contributed by atoms with E-state index in [0.29, 0.717) is 23.1 Å². The molecule has 0 radical (unpaired) electrons. The van der Waals surface area contributed by atoms with Gasteiger partial charge in [-0.2, -0.15) is 4.99 Å². The first-order valence-corrected chi connectivity index (χ1v) is 14.8. The van der Waals surface area contributed by atoms with Gasteiger partial charge >= 0.3 is 12.4 Å². The molecular formula is C31H29F3N6O3S. The first-order valence-electron chi connectivity index (χ1n) is 13.8. The highest BCUT2D eigenvalue weighted by Gasteiger charge is 2.32. The summed E-state index contributed by atoms with van der Waals surface area (Å²) in [5.74, 6) is 0.417. The van der Waals surface area contributed by atoms with Crippen LogP contribution in [0.15, 0.2) is 84.1 Å². The molecule has 228 valence electrons. The number of halogens is 3. The van der Waals surface area contributed by atoms with Gasteiger partial charge < -0.3 is 10.1 Å². The average molecular weight is 623 g/mol. The van der Waals surface area contributed by atoms with Crippen molar-refractivity contribution in [3.8, 4) is 22.8 Å². The Morgan fingerprint density at radius 1 is 1.05 bits per heavy atom.